The summed E-state index contributed by atoms with van der Waals surface area (Å²) in [5.74, 6) is 0. The minimum atomic E-state index is -0.127. The van der Waals surface area contributed by atoms with Crippen molar-refractivity contribution in [2.75, 3.05) is 4.90 Å². The van der Waals surface area contributed by atoms with Gasteiger partial charge in [-0.1, -0.05) is 166 Å². The molecule has 10 aromatic carbocycles. The molecule has 0 unspecified atom stereocenters. The van der Waals surface area contributed by atoms with E-state index in [1.807, 2.05) is 0 Å². The highest BCUT2D eigenvalue weighted by Gasteiger charge is 2.36. The van der Waals surface area contributed by atoms with Crippen molar-refractivity contribution in [1.82, 2.24) is 4.57 Å². The van der Waals surface area contributed by atoms with Crippen LogP contribution in [0.25, 0.3) is 93.9 Å². The zero-order chi connectivity index (χ0) is 43.9. The summed E-state index contributed by atoms with van der Waals surface area (Å²) in [4.78, 5) is 2.43. The van der Waals surface area contributed by atoms with E-state index in [-0.39, 0.29) is 5.41 Å². The van der Waals surface area contributed by atoms with E-state index in [0.717, 1.165) is 61.4 Å². The second-order valence-corrected chi connectivity index (χ2v) is 18.1. The van der Waals surface area contributed by atoms with Crippen molar-refractivity contribution >= 4 is 60.8 Å². The minimum Gasteiger partial charge on any atom is -0.456 e. The number of hydrogen-bond donors (Lipinski definition) is 0. The SMILES string of the molecule is CC1(C)c2ccccc2-c2ccc(N(c3ccc(-c4cccc5oc6ccc(-c7ccc8c(c7)c7ccccc7n8-c7ccccc7)cc6c45)cc3)c3ccccc3-c3ccccc3)cc21. The van der Waals surface area contributed by atoms with Crippen LogP contribution in [-0.4, -0.2) is 4.57 Å². The van der Waals surface area contributed by atoms with E-state index in [1.54, 1.807) is 0 Å². The third-order valence-corrected chi connectivity index (χ3v) is 14.0. The molecule has 2 aromatic heterocycles. The summed E-state index contributed by atoms with van der Waals surface area (Å²) in [6.07, 6.45) is 0. The molecule has 0 saturated carbocycles. The van der Waals surface area contributed by atoms with Crippen molar-refractivity contribution in [1.29, 1.82) is 0 Å². The number of fused-ring (bicyclic) bond motifs is 9. The third-order valence-electron chi connectivity index (χ3n) is 14.0. The molecule has 312 valence electrons. The van der Waals surface area contributed by atoms with Gasteiger partial charge in [-0.05, 0) is 129 Å². The van der Waals surface area contributed by atoms with Crippen LogP contribution in [0.3, 0.4) is 0 Å². The summed E-state index contributed by atoms with van der Waals surface area (Å²) in [6.45, 7) is 4.71. The van der Waals surface area contributed by atoms with E-state index >= 15 is 0 Å². The standard InChI is InChI=1S/C63H44N2O/c1-63(2)55-24-12-9-21-50(55)51-35-34-47(40-56(51)63)64(57-25-13-10-20-48(57)41-16-5-3-6-17-41)46-32-28-42(29-33-46)49-23-15-27-61-62(49)54-39-44(31-37-60(54)66-61)43-30-36-59-53(38-43)52-22-11-14-26-58(52)65(59)45-18-7-4-8-19-45/h3-40H,1-2H3. The number of para-hydroxylation sites is 3. The quantitative estimate of drug-likeness (QED) is 0.159. The smallest absolute Gasteiger partial charge is 0.136 e. The maximum atomic E-state index is 6.58. The van der Waals surface area contributed by atoms with E-state index < -0.39 is 0 Å². The lowest BCUT2D eigenvalue weighted by Gasteiger charge is -2.30. The number of nitrogens with zero attached hydrogens (tertiary/aromatic N) is 2. The molecule has 0 N–H and O–H groups in total. The van der Waals surface area contributed by atoms with Gasteiger partial charge in [-0.15, -0.1) is 0 Å². The van der Waals surface area contributed by atoms with Gasteiger partial charge in [-0.25, -0.2) is 0 Å². The lowest BCUT2D eigenvalue weighted by Crippen LogP contribution is -2.16. The highest BCUT2D eigenvalue weighted by Crippen LogP contribution is 2.51. The van der Waals surface area contributed by atoms with Gasteiger partial charge < -0.3 is 13.9 Å². The monoisotopic (exact) mass is 844 g/mol. The van der Waals surface area contributed by atoms with E-state index in [1.165, 1.54) is 60.8 Å². The van der Waals surface area contributed by atoms with E-state index in [2.05, 4.69) is 254 Å². The topological polar surface area (TPSA) is 21.3 Å². The zero-order valence-corrected chi connectivity index (χ0v) is 36.7. The largest absolute Gasteiger partial charge is 0.456 e. The van der Waals surface area contributed by atoms with Crippen molar-refractivity contribution in [2.45, 2.75) is 19.3 Å². The molecule has 0 saturated heterocycles. The first-order valence-electron chi connectivity index (χ1n) is 22.8. The molecule has 66 heavy (non-hydrogen) atoms. The Kier molecular flexibility index (Phi) is 8.56. The highest BCUT2D eigenvalue weighted by atomic mass is 16.3. The Morgan fingerprint density at radius 1 is 0.379 bits per heavy atom. The van der Waals surface area contributed by atoms with Crippen LogP contribution in [0.5, 0.6) is 0 Å². The molecule has 13 rings (SSSR count). The van der Waals surface area contributed by atoms with Crippen molar-refractivity contribution in [3.05, 3.63) is 242 Å². The average Bonchev–Trinajstić information content (AvgIpc) is 4.00. The number of furan rings is 1. The first-order valence-corrected chi connectivity index (χ1v) is 22.8. The van der Waals surface area contributed by atoms with Gasteiger partial charge in [-0.3, -0.25) is 0 Å². The summed E-state index contributed by atoms with van der Waals surface area (Å²) >= 11 is 0. The van der Waals surface area contributed by atoms with Crippen LogP contribution in [-0.2, 0) is 5.41 Å². The zero-order valence-electron chi connectivity index (χ0n) is 36.7. The van der Waals surface area contributed by atoms with Crippen molar-refractivity contribution in [3.8, 4) is 50.2 Å². The predicted octanol–water partition coefficient (Wildman–Crippen LogP) is 17.5. The number of aromatic nitrogens is 1. The minimum absolute atomic E-state index is 0.127. The summed E-state index contributed by atoms with van der Waals surface area (Å²) in [5, 5.41) is 4.70. The molecule has 0 atom stereocenters. The summed E-state index contributed by atoms with van der Waals surface area (Å²) in [5.41, 5.74) is 20.8. The van der Waals surface area contributed by atoms with Crippen LogP contribution in [0.1, 0.15) is 25.0 Å². The first kappa shape index (κ1) is 38.1. The molecule has 0 bridgehead atoms. The maximum Gasteiger partial charge on any atom is 0.136 e. The van der Waals surface area contributed by atoms with Gasteiger partial charge in [0.2, 0.25) is 0 Å². The lowest BCUT2D eigenvalue weighted by atomic mass is 9.82. The normalized spacial score (nSPS) is 12.8. The van der Waals surface area contributed by atoms with Gasteiger partial charge in [0.15, 0.2) is 0 Å². The predicted molar refractivity (Wildman–Crippen MR) is 277 cm³/mol. The van der Waals surface area contributed by atoms with Crippen LogP contribution in [0.15, 0.2) is 235 Å². The molecular formula is C63H44N2O. The highest BCUT2D eigenvalue weighted by molar-refractivity contribution is 6.14. The molecule has 0 amide bonds. The summed E-state index contributed by atoms with van der Waals surface area (Å²) in [6, 6.07) is 83.8. The van der Waals surface area contributed by atoms with Crippen molar-refractivity contribution < 1.29 is 4.42 Å². The van der Waals surface area contributed by atoms with Gasteiger partial charge in [0.25, 0.3) is 0 Å². The molecule has 12 aromatic rings. The molecule has 0 radical (unpaired) electrons. The first-order chi connectivity index (χ1) is 32.5. The Morgan fingerprint density at radius 2 is 0.985 bits per heavy atom. The number of benzene rings is 10. The second-order valence-electron chi connectivity index (χ2n) is 18.1. The fourth-order valence-corrected chi connectivity index (χ4v) is 10.8. The molecular weight excluding hydrogens is 801 g/mol. The summed E-state index contributed by atoms with van der Waals surface area (Å²) < 4.78 is 8.95. The Bertz CT molecular complexity index is 3840. The molecule has 2 heterocycles. The number of rotatable bonds is 7. The van der Waals surface area contributed by atoms with E-state index in [9.17, 15) is 0 Å². The molecule has 0 fully saturated rings. The molecule has 0 spiro atoms. The van der Waals surface area contributed by atoms with Crippen LogP contribution >= 0.6 is 0 Å². The van der Waals surface area contributed by atoms with Gasteiger partial charge in [0.1, 0.15) is 11.2 Å². The van der Waals surface area contributed by atoms with Gasteiger partial charge >= 0.3 is 0 Å². The molecule has 1 aliphatic carbocycles. The van der Waals surface area contributed by atoms with E-state index in [4.69, 9.17) is 4.42 Å². The Morgan fingerprint density at radius 3 is 1.82 bits per heavy atom. The molecule has 3 heteroatoms. The third kappa shape index (κ3) is 5.90. The Balaban J connectivity index is 0.926. The molecule has 3 nitrogen and oxygen atoms in total. The van der Waals surface area contributed by atoms with Crippen molar-refractivity contribution in [2.24, 2.45) is 0 Å². The number of hydrogen-bond acceptors (Lipinski definition) is 2. The van der Waals surface area contributed by atoms with Gasteiger partial charge in [-0.2, -0.15) is 0 Å². The Labute approximate surface area is 384 Å². The van der Waals surface area contributed by atoms with Gasteiger partial charge in [0, 0.05) is 49.6 Å². The molecule has 1 aliphatic rings. The van der Waals surface area contributed by atoms with E-state index in [0.29, 0.717) is 0 Å². The second kappa shape index (κ2) is 14.8. The van der Waals surface area contributed by atoms with Gasteiger partial charge in [0.05, 0.1) is 16.7 Å². The van der Waals surface area contributed by atoms with Crippen molar-refractivity contribution in [3.63, 3.8) is 0 Å². The lowest BCUT2D eigenvalue weighted by molar-refractivity contribution is 0.660. The summed E-state index contributed by atoms with van der Waals surface area (Å²) in [7, 11) is 0. The van der Waals surface area contributed by atoms with Crippen LogP contribution in [0, 0.1) is 0 Å². The average molecular weight is 845 g/mol. The van der Waals surface area contributed by atoms with Crippen LogP contribution in [0.4, 0.5) is 17.1 Å². The fraction of sp³-hybridized carbons (Fsp3) is 0.0476. The van der Waals surface area contributed by atoms with Crippen LogP contribution < -0.4 is 4.90 Å². The Hall–Kier alpha value is -8.40. The van der Waals surface area contributed by atoms with Crippen LogP contribution in [0.2, 0.25) is 0 Å². The fourth-order valence-electron chi connectivity index (χ4n) is 10.8. The number of anilines is 3. The maximum absolute atomic E-state index is 6.58. The molecule has 0 aliphatic heterocycles.